The number of rotatable bonds is 6. The van der Waals surface area contributed by atoms with E-state index in [1.54, 1.807) is 59.9 Å². The predicted octanol–water partition coefficient (Wildman–Crippen LogP) is 2.07. The van der Waals surface area contributed by atoms with Gasteiger partial charge in [-0.3, -0.25) is 9.69 Å². The topological polar surface area (TPSA) is 115 Å². The molecule has 0 N–H and O–H groups in total. The van der Waals surface area contributed by atoms with Crippen LogP contribution in [-0.4, -0.2) is 70.9 Å². The molecule has 0 saturated carbocycles. The summed E-state index contributed by atoms with van der Waals surface area (Å²) < 4.78 is 15.4. The van der Waals surface area contributed by atoms with E-state index in [1.165, 1.54) is 4.90 Å². The van der Waals surface area contributed by atoms with Crippen molar-refractivity contribution < 1.29 is 33.4 Å². The van der Waals surface area contributed by atoms with Crippen LogP contribution < -0.4 is 0 Å². The lowest BCUT2D eigenvalue weighted by Crippen LogP contribution is -2.54. The number of allylic oxidation sites excluding steroid dienone is 2. The smallest absolute Gasteiger partial charge is 0.397 e. The average Bonchev–Trinajstić information content (AvgIpc) is 2.72. The Morgan fingerprint density at radius 3 is 2.15 bits per heavy atom. The number of esters is 3. The second-order valence-corrected chi connectivity index (χ2v) is 8.23. The molecule has 1 atom stereocenters. The number of carbonyl (C=O) groups is 4. The van der Waals surface area contributed by atoms with Crippen LogP contribution in [0.2, 0.25) is 0 Å². The lowest BCUT2D eigenvalue weighted by Gasteiger charge is -2.41. The molecule has 2 heterocycles. The highest BCUT2D eigenvalue weighted by molar-refractivity contribution is 6.33. The molecule has 0 saturated heterocycles. The molecule has 10 nitrogen and oxygen atoms in total. The van der Waals surface area contributed by atoms with E-state index < -0.39 is 35.4 Å². The van der Waals surface area contributed by atoms with Gasteiger partial charge in [0, 0.05) is 11.7 Å². The van der Waals surface area contributed by atoms with Crippen molar-refractivity contribution in [3.63, 3.8) is 0 Å². The Bertz CT molecular complexity index is 954. The van der Waals surface area contributed by atoms with Crippen LogP contribution in [0.4, 0.5) is 0 Å². The van der Waals surface area contributed by atoms with Crippen molar-refractivity contribution in [3.8, 4) is 0 Å². The van der Waals surface area contributed by atoms with E-state index >= 15 is 0 Å². The maximum Gasteiger partial charge on any atom is 0.397 e. The number of nitrogens with zero attached hydrogens (tertiary/aromatic N) is 3. The van der Waals surface area contributed by atoms with Crippen LogP contribution in [0.3, 0.4) is 0 Å². The van der Waals surface area contributed by atoms with Crippen molar-refractivity contribution in [2.24, 2.45) is 4.99 Å². The molecule has 2 aliphatic rings. The molecule has 33 heavy (non-hydrogen) atoms. The number of aliphatic imine (C=N–C) groups is 1. The summed E-state index contributed by atoms with van der Waals surface area (Å²) in [6.45, 7) is 11.8. The van der Waals surface area contributed by atoms with Crippen molar-refractivity contribution in [1.29, 1.82) is 0 Å². The molecule has 0 aromatic rings. The zero-order chi connectivity index (χ0) is 24.9. The minimum absolute atomic E-state index is 0.00705. The zero-order valence-corrected chi connectivity index (χ0v) is 20.1. The molecule has 180 valence electrons. The quantitative estimate of drug-likeness (QED) is 0.335. The third kappa shape index (κ3) is 5.50. The number of amides is 1. The van der Waals surface area contributed by atoms with E-state index in [2.05, 4.69) is 4.99 Å². The molecule has 0 radical (unpaired) electrons. The molecule has 2 rings (SSSR count). The third-order valence-corrected chi connectivity index (χ3v) is 4.66. The number of hydrogen-bond acceptors (Lipinski definition) is 9. The van der Waals surface area contributed by atoms with Gasteiger partial charge in [0.05, 0.1) is 19.8 Å². The van der Waals surface area contributed by atoms with Crippen molar-refractivity contribution >= 4 is 29.7 Å². The Labute approximate surface area is 193 Å². The fraction of sp³-hybridized carbons (Fsp3) is 0.522. The predicted molar refractivity (Wildman–Crippen MR) is 119 cm³/mol. The van der Waals surface area contributed by atoms with Gasteiger partial charge in [0.15, 0.2) is 11.9 Å². The summed E-state index contributed by atoms with van der Waals surface area (Å²) in [7, 11) is 0. The lowest BCUT2D eigenvalue weighted by molar-refractivity contribution is -0.161. The summed E-state index contributed by atoms with van der Waals surface area (Å²) in [4.78, 5) is 58.9. The largest absolute Gasteiger partial charge is 0.464 e. The summed E-state index contributed by atoms with van der Waals surface area (Å²) in [6, 6.07) is -1.27. The lowest BCUT2D eigenvalue weighted by atomic mass is 9.98. The maximum absolute atomic E-state index is 13.2. The first kappa shape index (κ1) is 25.8. The normalized spacial score (nSPS) is 17.5. The van der Waals surface area contributed by atoms with Gasteiger partial charge in [0.25, 0.3) is 0 Å². The summed E-state index contributed by atoms with van der Waals surface area (Å²) in [5.74, 6) is -3.56. The highest BCUT2D eigenvalue weighted by Gasteiger charge is 2.47. The van der Waals surface area contributed by atoms with Gasteiger partial charge in [-0.15, -0.1) is 0 Å². The van der Waals surface area contributed by atoms with Crippen LogP contribution in [0.25, 0.3) is 0 Å². The molecule has 0 fully saturated rings. The van der Waals surface area contributed by atoms with Crippen molar-refractivity contribution in [3.05, 3.63) is 35.3 Å². The van der Waals surface area contributed by atoms with E-state index in [4.69, 9.17) is 14.2 Å². The highest BCUT2D eigenvalue weighted by Crippen LogP contribution is 2.33. The summed E-state index contributed by atoms with van der Waals surface area (Å²) >= 11 is 0. The Balaban J connectivity index is 2.85. The summed E-state index contributed by atoms with van der Waals surface area (Å²) in [6.07, 6.45) is 5.09. The van der Waals surface area contributed by atoms with Crippen LogP contribution in [0.1, 0.15) is 48.5 Å². The van der Waals surface area contributed by atoms with Crippen molar-refractivity contribution in [1.82, 2.24) is 9.80 Å². The van der Waals surface area contributed by atoms with Gasteiger partial charge in [-0.05, 0) is 60.1 Å². The fourth-order valence-corrected chi connectivity index (χ4v) is 3.39. The number of hydrogen-bond donors (Lipinski definition) is 0. The van der Waals surface area contributed by atoms with Gasteiger partial charge in [0.1, 0.15) is 11.4 Å². The Kier molecular flexibility index (Phi) is 8.18. The van der Waals surface area contributed by atoms with Gasteiger partial charge < -0.3 is 19.1 Å². The highest BCUT2D eigenvalue weighted by atomic mass is 16.5. The molecule has 1 unspecified atom stereocenters. The molecule has 0 spiro atoms. The van der Waals surface area contributed by atoms with Gasteiger partial charge in [-0.25, -0.2) is 19.4 Å². The van der Waals surface area contributed by atoms with Crippen LogP contribution in [0, 0.1) is 0 Å². The van der Waals surface area contributed by atoms with E-state index in [-0.39, 0.29) is 31.2 Å². The van der Waals surface area contributed by atoms with Gasteiger partial charge in [-0.2, -0.15) is 0 Å². The second kappa shape index (κ2) is 10.5. The third-order valence-electron chi connectivity index (χ3n) is 4.66. The summed E-state index contributed by atoms with van der Waals surface area (Å²) in [5.41, 5.74) is -0.400. The monoisotopic (exact) mass is 461 g/mol. The molecule has 0 bridgehead atoms. The van der Waals surface area contributed by atoms with Crippen molar-refractivity contribution in [2.45, 2.75) is 60.0 Å². The first-order valence-corrected chi connectivity index (χ1v) is 10.8. The van der Waals surface area contributed by atoms with E-state index in [0.717, 1.165) is 10.5 Å². The first-order chi connectivity index (χ1) is 15.5. The molecule has 1 amide bonds. The first-order valence-electron chi connectivity index (χ1n) is 10.8. The van der Waals surface area contributed by atoms with Crippen molar-refractivity contribution in [2.75, 3.05) is 19.8 Å². The number of carbonyl (C=O) groups excluding carboxylic acids is 4. The molecular weight excluding hydrogens is 430 g/mol. The Morgan fingerprint density at radius 1 is 1.00 bits per heavy atom. The minimum atomic E-state index is -1.27. The molecule has 0 aromatic carbocycles. The van der Waals surface area contributed by atoms with Crippen LogP contribution >= 0.6 is 0 Å². The van der Waals surface area contributed by atoms with Gasteiger partial charge >= 0.3 is 23.8 Å². The Hall–Kier alpha value is -3.43. The average molecular weight is 462 g/mol. The molecule has 2 aliphatic heterocycles. The Morgan fingerprint density at radius 2 is 1.61 bits per heavy atom. The van der Waals surface area contributed by atoms with E-state index in [9.17, 15) is 19.2 Å². The molecular formula is C23H31N3O7. The van der Waals surface area contributed by atoms with Crippen LogP contribution in [-0.2, 0) is 33.4 Å². The SMILES string of the molecule is CCOC(=O)C(=O)N(C1=C(C(=O)OCC)C(C(=O)OCC)N2C=C(C)C=CC2=N1)C(C)(C)C. The number of ether oxygens (including phenoxy) is 3. The number of amidine groups is 1. The number of fused-ring (bicyclic) bond motifs is 1. The van der Waals surface area contributed by atoms with E-state index in [1.807, 2.05) is 6.92 Å². The second-order valence-electron chi connectivity index (χ2n) is 8.23. The molecule has 10 heteroatoms. The summed E-state index contributed by atoms with van der Waals surface area (Å²) in [5, 5.41) is 0. The fourth-order valence-electron chi connectivity index (χ4n) is 3.39. The van der Waals surface area contributed by atoms with E-state index in [0.29, 0.717) is 5.84 Å². The van der Waals surface area contributed by atoms with Gasteiger partial charge in [0.2, 0.25) is 0 Å². The molecule has 0 aliphatic carbocycles. The maximum atomic E-state index is 13.2. The van der Waals surface area contributed by atoms with Crippen LogP contribution in [0.5, 0.6) is 0 Å². The standard InChI is InChI=1S/C23H31N3O7/c1-8-31-20(28)16-17(21(29)32-9-2)25-13-14(4)11-12-15(25)24-18(16)26(23(5,6)7)19(27)22(30)33-10-3/h11-13,17H,8-10H2,1-7H3. The minimum Gasteiger partial charge on any atom is -0.464 e. The van der Waals surface area contributed by atoms with Gasteiger partial charge in [-0.1, -0.05) is 6.08 Å². The van der Waals surface area contributed by atoms with Crippen LogP contribution in [0.15, 0.2) is 40.3 Å². The molecule has 0 aromatic heterocycles. The zero-order valence-electron chi connectivity index (χ0n) is 20.1.